The molecule has 0 amide bonds. The Kier molecular flexibility index (Phi) is 18.1. The van der Waals surface area contributed by atoms with Gasteiger partial charge in [-0.1, -0.05) is 207 Å². The molecule has 0 radical (unpaired) electrons. The standard InChI is InChI=1S/C35H42O.C22H30.2C2H6/c1-24-11-9-13-30(19-24)36-31-14-10-12-26(21-31)20-27-16-18-29(35(6,7)8)23-33(27)32-22-28(34(3,4)5)17-15-25(32)2;1-15-9-11-17(21(3,4)5)13-19(15)20-14-18(22(6,7)8)12-10-16(20)2;2*1-2/h9-15,17,19,21-23H,16,18,20H2,1-8H3;9-14H,1-8H3;2*1-2H3. The van der Waals surface area contributed by atoms with Crippen LogP contribution in [0.3, 0.4) is 0 Å². The van der Waals surface area contributed by atoms with Crippen LogP contribution in [0.5, 0.6) is 11.5 Å². The second kappa shape index (κ2) is 21.6. The van der Waals surface area contributed by atoms with Crippen LogP contribution in [-0.2, 0) is 22.7 Å². The summed E-state index contributed by atoms with van der Waals surface area (Å²) < 4.78 is 6.21. The number of rotatable bonds is 6. The Balaban J connectivity index is 0.000000337. The van der Waals surface area contributed by atoms with E-state index in [0.717, 1.165) is 30.8 Å². The predicted octanol–water partition coefficient (Wildman–Crippen LogP) is 18.8. The first-order chi connectivity index (χ1) is 28.9. The van der Waals surface area contributed by atoms with Crippen LogP contribution in [-0.4, -0.2) is 0 Å². The molecule has 0 atom stereocenters. The molecule has 0 bridgehead atoms. The van der Waals surface area contributed by atoms with Crippen molar-refractivity contribution in [2.45, 2.75) is 174 Å². The number of hydrogen-bond donors (Lipinski definition) is 0. The minimum Gasteiger partial charge on any atom is -0.457 e. The fourth-order valence-corrected chi connectivity index (χ4v) is 7.73. The van der Waals surface area contributed by atoms with Crippen molar-refractivity contribution in [2.24, 2.45) is 5.41 Å². The zero-order valence-electron chi connectivity index (χ0n) is 42.9. The fraction of sp³-hybridized carbons (Fsp3) is 0.443. The van der Waals surface area contributed by atoms with Crippen molar-refractivity contribution < 1.29 is 4.74 Å². The third-order valence-electron chi connectivity index (χ3n) is 11.8. The van der Waals surface area contributed by atoms with E-state index in [1.807, 2.05) is 39.8 Å². The Labute approximate surface area is 381 Å². The molecule has 0 saturated carbocycles. The smallest absolute Gasteiger partial charge is 0.127 e. The molecule has 0 heterocycles. The highest BCUT2D eigenvalue weighted by atomic mass is 16.5. The minimum atomic E-state index is 0.121. The fourth-order valence-electron chi connectivity index (χ4n) is 7.73. The number of allylic oxidation sites excluding steroid dienone is 4. The van der Waals surface area contributed by atoms with Crippen molar-refractivity contribution >= 4 is 5.57 Å². The molecule has 0 aromatic heterocycles. The molecule has 5 aromatic rings. The van der Waals surface area contributed by atoms with Crippen LogP contribution in [0.4, 0.5) is 0 Å². The molecule has 1 aliphatic carbocycles. The third-order valence-corrected chi connectivity index (χ3v) is 11.8. The molecule has 5 aromatic carbocycles. The van der Waals surface area contributed by atoms with Gasteiger partial charge in [0.05, 0.1) is 0 Å². The van der Waals surface area contributed by atoms with Crippen molar-refractivity contribution in [1.29, 1.82) is 0 Å². The maximum Gasteiger partial charge on any atom is 0.127 e. The lowest BCUT2D eigenvalue weighted by atomic mass is 9.75. The lowest BCUT2D eigenvalue weighted by molar-refractivity contribution is 0.479. The summed E-state index contributed by atoms with van der Waals surface area (Å²) in [4.78, 5) is 0. The summed E-state index contributed by atoms with van der Waals surface area (Å²) in [5.41, 5.74) is 20.0. The Bertz CT molecular complexity index is 2230. The quantitative estimate of drug-likeness (QED) is 0.166. The van der Waals surface area contributed by atoms with E-state index in [0.29, 0.717) is 0 Å². The van der Waals surface area contributed by atoms with Crippen LogP contribution in [0.15, 0.2) is 120 Å². The van der Waals surface area contributed by atoms with Gasteiger partial charge in [0, 0.05) is 0 Å². The predicted molar refractivity (Wildman–Crippen MR) is 276 cm³/mol. The van der Waals surface area contributed by atoms with Gasteiger partial charge in [0.25, 0.3) is 0 Å². The molecule has 0 fully saturated rings. The van der Waals surface area contributed by atoms with Gasteiger partial charge in [0.2, 0.25) is 0 Å². The van der Waals surface area contributed by atoms with Crippen LogP contribution < -0.4 is 4.74 Å². The number of aryl methyl sites for hydroxylation is 4. The van der Waals surface area contributed by atoms with Crippen LogP contribution >= 0.6 is 0 Å². The van der Waals surface area contributed by atoms with Crippen LogP contribution in [0, 0.1) is 33.1 Å². The van der Waals surface area contributed by atoms with Gasteiger partial charge in [-0.05, 0) is 160 Å². The molecule has 6 rings (SSSR count). The second-order valence-corrected chi connectivity index (χ2v) is 21.0. The minimum absolute atomic E-state index is 0.121. The highest BCUT2D eigenvalue weighted by Gasteiger charge is 2.25. The summed E-state index contributed by atoms with van der Waals surface area (Å²) in [5, 5.41) is 0. The highest BCUT2D eigenvalue weighted by Crippen LogP contribution is 2.42. The molecule has 0 aliphatic heterocycles. The highest BCUT2D eigenvalue weighted by molar-refractivity contribution is 5.81. The topological polar surface area (TPSA) is 9.23 Å². The molecular weight excluding hydrogens is 749 g/mol. The van der Waals surface area contributed by atoms with Crippen molar-refractivity contribution in [3.63, 3.8) is 0 Å². The maximum absolute atomic E-state index is 6.21. The first-order valence-electron chi connectivity index (χ1n) is 23.5. The monoisotopic (exact) mass is 833 g/mol. The second-order valence-electron chi connectivity index (χ2n) is 21.0. The molecule has 0 unspecified atom stereocenters. The van der Waals surface area contributed by atoms with Gasteiger partial charge in [-0.2, -0.15) is 0 Å². The summed E-state index contributed by atoms with van der Waals surface area (Å²) >= 11 is 0. The largest absolute Gasteiger partial charge is 0.457 e. The third kappa shape index (κ3) is 14.2. The van der Waals surface area contributed by atoms with Gasteiger partial charge in [-0.3, -0.25) is 0 Å². The average Bonchev–Trinajstić information content (AvgIpc) is 3.19. The summed E-state index contributed by atoms with van der Waals surface area (Å²) in [6.07, 6.45) is 5.66. The van der Waals surface area contributed by atoms with Crippen LogP contribution in [0.25, 0.3) is 16.7 Å². The summed E-state index contributed by atoms with van der Waals surface area (Å²) in [5.74, 6) is 1.78. The van der Waals surface area contributed by atoms with Crippen molar-refractivity contribution in [2.75, 3.05) is 0 Å². The first kappa shape index (κ1) is 51.7. The van der Waals surface area contributed by atoms with E-state index >= 15 is 0 Å². The summed E-state index contributed by atoms with van der Waals surface area (Å²) in [6.45, 7) is 44.4. The van der Waals surface area contributed by atoms with E-state index in [-0.39, 0.29) is 21.7 Å². The molecule has 1 nitrogen and oxygen atoms in total. The molecule has 0 N–H and O–H groups in total. The first-order valence-corrected chi connectivity index (χ1v) is 23.5. The molecular formula is C61H84O. The lowest BCUT2D eigenvalue weighted by Gasteiger charge is -2.30. The van der Waals surface area contributed by atoms with E-state index in [1.165, 1.54) is 72.3 Å². The number of hydrogen-bond acceptors (Lipinski definition) is 1. The number of ether oxygens (including phenoxy) is 1. The van der Waals surface area contributed by atoms with Crippen molar-refractivity contribution in [1.82, 2.24) is 0 Å². The zero-order chi connectivity index (χ0) is 46.8. The molecule has 0 spiro atoms. The zero-order valence-corrected chi connectivity index (χ0v) is 42.9. The van der Waals surface area contributed by atoms with Gasteiger partial charge >= 0.3 is 0 Å². The van der Waals surface area contributed by atoms with E-state index < -0.39 is 0 Å². The van der Waals surface area contributed by atoms with Gasteiger partial charge in [0.15, 0.2) is 0 Å². The van der Waals surface area contributed by atoms with Crippen LogP contribution in [0.2, 0.25) is 0 Å². The van der Waals surface area contributed by atoms with Crippen molar-refractivity contribution in [3.8, 4) is 22.6 Å². The Hall–Kier alpha value is -4.62. The lowest BCUT2D eigenvalue weighted by Crippen LogP contribution is -2.15. The van der Waals surface area contributed by atoms with Gasteiger partial charge in [-0.15, -0.1) is 0 Å². The normalized spacial score (nSPS) is 13.1. The van der Waals surface area contributed by atoms with Crippen molar-refractivity contribution in [3.05, 3.63) is 170 Å². The molecule has 62 heavy (non-hydrogen) atoms. The van der Waals surface area contributed by atoms with E-state index in [1.54, 1.807) is 5.57 Å². The average molecular weight is 833 g/mol. The molecule has 1 aliphatic rings. The van der Waals surface area contributed by atoms with E-state index in [4.69, 9.17) is 4.74 Å². The maximum atomic E-state index is 6.21. The molecule has 334 valence electrons. The molecule has 1 heteroatoms. The summed E-state index contributed by atoms with van der Waals surface area (Å²) in [7, 11) is 0. The van der Waals surface area contributed by atoms with Crippen LogP contribution in [0.1, 0.15) is 174 Å². The Morgan fingerprint density at radius 1 is 0.435 bits per heavy atom. The van der Waals surface area contributed by atoms with E-state index in [9.17, 15) is 0 Å². The number of benzene rings is 5. The Morgan fingerprint density at radius 3 is 1.29 bits per heavy atom. The van der Waals surface area contributed by atoms with Gasteiger partial charge < -0.3 is 4.74 Å². The summed E-state index contributed by atoms with van der Waals surface area (Å²) in [6, 6.07) is 37.7. The van der Waals surface area contributed by atoms with Gasteiger partial charge in [0.1, 0.15) is 11.5 Å². The van der Waals surface area contributed by atoms with Gasteiger partial charge in [-0.25, -0.2) is 0 Å². The van der Waals surface area contributed by atoms with E-state index in [2.05, 4.69) is 208 Å². The Morgan fingerprint density at radius 2 is 0.855 bits per heavy atom. The SMILES string of the molecule is CC.CC.Cc1ccc(C(C)(C)C)cc1-c1cc(C(C)(C)C)ccc1C.Cc1cccc(Oc2cccc(CC3=C(c4cc(C(C)(C)C)ccc4C)C=C(C(C)(C)C)CC3)c2)c1. The molecule has 0 saturated heterocycles.